The van der Waals surface area contributed by atoms with E-state index in [1.165, 1.54) is 0 Å². The molecule has 2 heterocycles. The zero-order chi connectivity index (χ0) is 18.7. The number of rotatable bonds is 7. The quantitative estimate of drug-likeness (QED) is 0.509. The van der Waals surface area contributed by atoms with Gasteiger partial charge in [0.15, 0.2) is 0 Å². The number of benzene rings is 1. The highest BCUT2D eigenvalue weighted by Crippen LogP contribution is 2.30. The number of fused-ring (bicyclic) bond motifs is 3. The number of anilines is 1. The van der Waals surface area contributed by atoms with Crippen LogP contribution >= 0.6 is 0 Å². The molecule has 0 bridgehead atoms. The molecule has 2 aromatic heterocycles. The Labute approximate surface area is 155 Å². The van der Waals surface area contributed by atoms with Crippen molar-refractivity contribution < 1.29 is 0 Å². The highest BCUT2D eigenvalue weighted by Gasteiger charge is 2.12. The summed E-state index contributed by atoms with van der Waals surface area (Å²) in [5, 5.41) is 4.70. The molecule has 0 aliphatic heterocycles. The van der Waals surface area contributed by atoms with Crippen LogP contribution in [0.4, 0.5) is 5.69 Å². The fourth-order valence-corrected chi connectivity index (χ4v) is 3.35. The topological polar surface area (TPSA) is 53.9 Å². The van der Waals surface area contributed by atoms with Crippen LogP contribution < -0.4 is 5.32 Å². The molecule has 0 radical (unpaired) electrons. The highest BCUT2D eigenvalue weighted by atomic mass is 15.1. The fourth-order valence-electron chi connectivity index (χ4n) is 3.35. The highest BCUT2D eigenvalue weighted by molar-refractivity contribution is 6.09. The van der Waals surface area contributed by atoms with Gasteiger partial charge in [-0.2, -0.15) is 0 Å². The maximum Gasteiger partial charge on any atom is 0.100 e. The molecule has 3 aromatic rings. The van der Waals surface area contributed by atoms with E-state index in [2.05, 4.69) is 36.2 Å². The first-order valence-corrected chi connectivity index (χ1v) is 9.55. The first-order valence-electron chi connectivity index (χ1n) is 9.55. The van der Waals surface area contributed by atoms with Crippen molar-refractivity contribution in [2.24, 2.45) is 0 Å². The minimum absolute atomic E-state index is 0.928. The van der Waals surface area contributed by atoms with Crippen molar-refractivity contribution in [1.29, 1.82) is 0 Å². The van der Waals surface area contributed by atoms with Crippen LogP contribution in [0.15, 0.2) is 18.2 Å². The fraction of sp³-hybridized carbons (Fsp3) is 0.476. The largest absolute Gasteiger partial charge is 0.384 e. The van der Waals surface area contributed by atoms with Crippen LogP contribution in [-0.4, -0.2) is 46.0 Å². The molecule has 0 unspecified atom stereocenters. The summed E-state index contributed by atoms with van der Waals surface area (Å²) < 4.78 is 0. The van der Waals surface area contributed by atoms with Gasteiger partial charge < -0.3 is 10.2 Å². The predicted molar refractivity (Wildman–Crippen MR) is 110 cm³/mol. The van der Waals surface area contributed by atoms with Crippen molar-refractivity contribution in [3.05, 3.63) is 35.3 Å². The second kappa shape index (κ2) is 7.96. The summed E-state index contributed by atoms with van der Waals surface area (Å²) in [7, 11) is 0. The summed E-state index contributed by atoms with van der Waals surface area (Å²) in [5.41, 5.74) is 6.90. The Morgan fingerprint density at radius 3 is 2.35 bits per heavy atom. The van der Waals surface area contributed by atoms with Crippen molar-refractivity contribution in [2.45, 2.75) is 41.0 Å². The van der Waals surface area contributed by atoms with Crippen LogP contribution in [0.25, 0.3) is 21.9 Å². The Morgan fingerprint density at radius 1 is 0.923 bits per heavy atom. The van der Waals surface area contributed by atoms with Crippen LogP contribution in [0.3, 0.4) is 0 Å². The molecule has 0 fully saturated rings. The summed E-state index contributed by atoms with van der Waals surface area (Å²) in [6.07, 6.45) is 1.11. The number of aryl methyl sites for hydroxylation is 3. The van der Waals surface area contributed by atoms with E-state index in [-0.39, 0.29) is 0 Å². The first kappa shape index (κ1) is 18.5. The van der Waals surface area contributed by atoms with Crippen molar-refractivity contribution in [2.75, 3.05) is 31.5 Å². The molecule has 1 aromatic carbocycles. The van der Waals surface area contributed by atoms with Crippen molar-refractivity contribution >= 4 is 27.6 Å². The number of hydrogen-bond donors (Lipinski definition) is 1. The molecule has 0 aliphatic rings. The number of nitrogens with zero attached hydrogens (tertiary/aromatic N) is 4. The summed E-state index contributed by atoms with van der Waals surface area (Å²) in [5.74, 6) is 0. The van der Waals surface area contributed by atoms with Gasteiger partial charge in [0.1, 0.15) is 5.52 Å². The standard InChI is InChI=1S/C21H29N5/c1-6-26(7-2)12-8-11-22-19-13-14(3)23-17-9-10-18-21(20(17)19)25-16(5)15(4)24-18/h9-10,13H,6-8,11-12H2,1-5H3,(H,22,23). The lowest BCUT2D eigenvalue weighted by molar-refractivity contribution is 0.303. The molecule has 5 heteroatoms. The summed E-state index contributed by atoms with van der Waals surface area (Å²) >= 11 is 0. The number of hydrogen-bond acceptors (Lipinski definition) is 5. The second-order valence-corrected chi connectivity index (χ2v) is 6.84. The van der Waals surface area contributed by atoms with Gasteiger partial charge in [0.05, 0.1) is 27.8 Å². The van der Waals surface area contributed by atoms with Crippen LogP contribution in [0.5, 0.6) is 0 Å². The van der Waals surface area contributed by atoms with Crippen LogP contribution in [0.2, 0.25) is 0 Å². The van der Waals surface area contributed by atoms with Gasteiger partial charge in [0.25, 0.3) is 0 Å². The second-order valence-electron chi connectivity index (χ2n) is 6.84. The molecule has 0 atom stereocenters. The van der Waals surface area contributed by atoms with Gasteiger partial charge in [-0.15, -0.1) is 0 Å². The van der Waals surface area contributed by atoms with Crippen LogP contribution in [0.1, 0.15) is 37.4 Å². The van der Waals surface area contributed by atoms with Gasteiger partial charge in [0, 0.05) is 17.9 Å². The van der Waals surface area contributed by atoms with E-state index in [0.717, 1.165) is 77.3 Å². The minimum atomic E-state index is 0.928. The summed E-state index contributed by atoms with van der Waals surface area (Å²) in [4.78, 5) is 16.7. The zero-order valence-corrected chi connectivity index (χ0v) is 16.6. The third kappa shape index (κ3) is 3.78. The lowest BCUT2D eigenvalue weighted by Gasteiger charge is -2.18. The minimum Gasteiger partial charge on any atom is -0.384 e. The van der Waals surface area contributed by atoms with Crippen LogP contribution in [0, 0.1) is 20.8 Å². The van der Waals surface area contributed by atoms with E-state index in [0.29, 0.717) is 0 Å². The number of pyridine rings is 1. The third-order valence-electron chi connectivity index (χ3n) is 5.01. The van der Waals surface area contributed by atoms with Gasteiger partial charge in [0.2, 0.25) is 0 Å². The molecule has 3 rings (SSSR count). The average Bonchev–Trinajstić information content (AvgIpc) is 2.62. The first-order chi connectivity index (χ1) is 12.5. The van der Waals surface area contributed by atoms with Gasteiger partial charge >= 0.3 is 0 Å². The Balaban J connectivity index is 1.95. The van der Waals surface area contributed by atoms with Gasteiger partial charge in [-0.05, 0) is 65.0 Å². The monoisotopic (exact) mass is 351 g/mol. The van der Waals surface area contributed by atoms with Gasteiger partial charge in [-0.1, -0.05) is 13.8 Å². The lowest BCUT2D eigenvalue weighted by Crippen LogP contribution is -2.25. The molecule has 0 aliphatic carbocycles. The zero-order valence-electron chi connectivity index (χ0n) is 16.6. The number of nitrogens with one attached hydrogen (secondary N) is 1. The Hall–Kier alpha value is -2.27. The smallest absolute Gasteiger partial charge is 0.100 e. The SMILES string of the molecule is CCN(CC)CCCNc1cc(C)nc2ccc3nc(C)c(C)nc3c12. The van der Waals surface area contributed by atoms with Crippen molar-refractivity contribution in [1.82, 2.24) is 19.9 Å². The van der Waals surface area contributed by atoms with Crippen LogP contribution in [-0.2, 0) is 0 Å². The van der Waals surface area contributed by atoms with Crippen molar-refractivity contribution in [3.8, 4) is 0 Å². The molecule has 5 nitrogen and oxygen atoms in total. The molecule has 1 N–H and O–H groups in total. The van der Waals surface area contributed by atoms with E-state index < -0.39 is 0 Å². The van der Waals surface area contributed by atoms with E-state index in [1.807, 2.05) is 26.8 Å². The Morgan fingerprint density at radius 2 is 1.62 bits per heavy atom. The normalized spacial score (nSPS) is 11.6. The maximum absolute atomic E-state index is 4.83. The summed E-state index contributed by atoms with van der Waals surface area (Å²) in [6, 6.07) is 6.19. The van der Waals surface area contributed by atoms with E-state index in [1.54, 1.807) is 0 Å². The molecule has 0 amide bonds. The van der Waals surface area contributed by atoms with E-state index in [4.69, 9.17) is 15.0 Å². The van der Waals surface area contributed by atoms with E-state index in [9.17, 15) is 0 Å². The lowest BCUT2D eigenvalue weighted by atomic mass is 10.1. The van der Waals surface area contributed by atoms with Gasteiger partial charge in [-0.3, -0.25) is 4.98 Å². The van der Waals surface area contributed by atoms with E-state index >= 15 is 0 Å². The average molecular weight is 351 g/mol. The third-order valence-corrected chi connectivity index (χ3v) is 5.01. The molecular weight excluding hydrogens is 322 g/mol. The molecule has 0 saturated heterocycles. The Kier molecular flexibility index (Phi) is 5.67. The summed E-state index contributed by atoms with van der Waals surface area (Å²) in [6.45, 7) is 14.7. The molecule has 0 spiro atoms. The molecular formula is C21H29N5. The number of aromatic nitrogens is 3. The van der Waals surface area contributed by atoms with Gasteiger partial charge in [-0.25, -0.2) is 9.97 Å². The molecule has 0 saturated carbocycles. The predicted octanol–water partition coefficient (Wildman–Crippen LogP) is 4.25. The molecule has 26 heavy (non-hydrogen) atoms. The maximum atomic E-state index is 4.83. The molecule has 138 valence electrons. The van der Waals surface area contributed by atoms with Crippen molar-refractivity contribution in [3.63, 3.8) is 0 Å². The Bertz CT molecular complexity index is 915.